The summed E-state index contributed by atoms with van der Waals surface area (Å²) in [5.74, 6) is 0. The highest BCUT2D eigenvalue weighted by molar-refractivity contribution is 8.14. The molecule has 0 atom stereocenters. The number of hydrogen-bond donors (Lipinski definition) is 4. The molecule has 1 saturated heterocycles. The van der Waals surface area contributed by atoms with E-state index in [4.69, 9.17) is 22.4 Å². The Labute approximate surface area is 190 Å². The predicted molar refractivity (Wildman–Crippen MR) is 132 cm³/mol. The van der Waals surface area contributed by atoms with Crippen LogP contribution in [0.15, 0.2) is 30.6 Å². The highest BCUT2D eigenvalue weighted by Gasteiger charge is 2.38. The molecule has 166 valence electrons. The maximum absolute atomic E-state index is 8.59. The van der Waals surface area contributed by atoms with Gasteiger partial charge in [0.15, 0.2) is 0 Å². The fourth-order valence-corrected chi connectivity index (χ4v) is 5.96. The Morgan fingerprint density at radius 2 is 1.77 bits per heavy atom. The van der Waals surface area contributed by atoms with E-state index in [1.807, 2.05) is 37.6 Å². The third-order valence-corrected chi connectivity index (χ3v) is 6.12. The molecule has 0 amide bonds. The Bertz CT molecular complexity index is 830. The number of thioether (sulfide) groups is 1. The molecule has 0 spiro atoms. The smallest absolute Gasteiger partial charge is 0.0960 e. The summed E-state index contributed by atoms with van der Waals surface area (Å²) in [4.78, 5) is 0. The second-order valence-corrected chi connectivity index (χ2v) is 10.2. The summed E-state index contributed by atoms with van der Waals surface area (Å²) in [5, 5.41) is 23.6. The van der Waals surface area contributed by atoms with Gasteiger partial charge in [-0.2, -0.15) is 5.10 Å². The molecular formula is C22H35ClN6S. The summed E-state index contributed by atoms with van der Waals surface area (Å²) in [6.45, 7) is 11.4. The first-order valence-electron chi connectivity index (χ1n) is 9.81. The molecule has 1 aliphatic rings. The molecule has 1 aromatic heterocycles. The van der Waals surface area contributed by atoms with Crippen LogP contribution in [0.25, 0.3) is 11.1 Å². The molecule has 0 unspecified atom stereocenters. The van der Waals surface area contributed by atoms with E-state index in [0.29, 0.717) is 15.3 Å². The zero-order valence-corrected chi connectivity index (χ0v) is 20.4. The van der Waals surface area contributed by atoms with Gasteiger partial charge in [-0.1, -0.05) is 23.7 Å². The van der Waals surface area contributed by atoms with Crippen molar-refractivity contribution in [2.75, 3.05) is 7.05 Å². The molecule has 1 fully saturated rings. The van der Waals surface area contributed by atoms with Crippen LogP contribution in [-0.4, -0.2) is 44.9 Å². The van der Waals surface area contributed by atoms with Crippen LogP contribution in [0, 0.1) is 10.8 Å². The number of nitrogens with one attached hydrogen (secondary N) is 3. The van der Waals surface area contributed by atoms with Gasteiger partial charge in [-0.15, -0.1) is 11.8 Å². The van der Waals surface area contributed by atoms with Crippen LogP contribution < -0.4 is 11.1 Å². The fraction of sp³-hybridized carbons (Fsp3) is 0.500. The minimum absolute atomic E-state index is 0.0770. The monoisotopic (exact) mass is 450 g/mol. The van der Waals surface area contributed by atoms with Crippen LogP contribution >= 0.6 is 23.4 Å². The second-order valence-electron chi connectivity index (χ2n) is 8.47. The summed E-state index contributed by atoms with van der Waals surface area (Å²) in [6.07, 6.45) is 5.86. The Balaban J connectivity index is 0.00000106. The van der Waals surface area contributed by atoms with Gasteiger partial charge >= 0.3 is 0 Å². The van der Waals surface area contributed by atoms with Crippen molar-refractivity contribution >= 4 is 35.1 Å². The minimum Gasteiger partial charge on any atom is -0.333 e. The van der Waals surface area contributed by atoms with E-state index < -0.39 is 0 Å². The fourth-order valence-electron chi connectivity index (χ4n) is 3.99. The van der Waals surface area contributed by atoms with Gasteiger partial charge in [0, 0.05) is 40.7 Å². The van der Waals surface area contributed by atoms with Gasteiger partial charge in [-0.3, -0.25) is 10.1 Å². The lowest BCUT2D eigenvalue weighted by Crippen LogP contribution is -2.58. The number of hydrogen-bond acceptors (Lipinski definition) is 6. The molecule has 0 bridgehead atoms. The molecule has 6 nitrogen and oxygen atoms in total. The molecule has 0 aliphatic carbocycles. The van der Waals surface area contributed by atoms with Crippen molar-refractivity contribution in [3.05, 3.63) is 41.2 Å². The van der Waals surface area contributed by atoms with Gasteiger partial charge in [0.1, 0.15) is 0 Å². The van der Waals surface area contributed by atoms with E-state index in [0.717, 1.165) is 29.5 Å². The maximum Gasteiger partial charge on any atom is 0.0960 e. The van der Waals surface area contributed by atoms with Gasteiger partial charge in [-0.05, 0) is 65.9 Å². The first-order chi connectivity index (χ1) is 14.0. The van der Waals surface area contributed by atoms with Crippen molar-refractivity contribution in [2.45, 2.75) is 56.9 Å². The van der Waals surface area contributed by atoms with E-state index in [9.17, 15) is 0 Å². The Hall–Kier alpha value is -1.67. The van der Waals surface area contributed by atoms with Crippen LogP contribution in [-0.2, 0) is 7.05 Å². The van der Waals surface area contributed by atoms with Gasteiger partial charge in [-0.25, -0.2) is 0 Å². The van der Waals surface area contributed by atoms with Crippen LogP contribution in [0.3, 0.4) is 0 Å². The topological polar surface area (TPSA) is 104 Å². The van der Waals surface area contributed by atoms with E-state index >= 15 is 0 Å². The molecular weight excluding hydrogens is 416 g/mol. The lowest BCUT2D eigenvalue weighted by atomic mass is 9.82. The quantitative estimate of drug-likeness (QED) is 0.392. The third kappa shape index (κ3) is 7.23. The zero-order valence-electron chi connectivity index (χ0n) is 18.8. The molecule has 3 rings (SSSR count). The number of aryl methyl sites for hydroxylation is 1. The van der Waals surface area contributed by atoms with E-state index in [-0.39, 0.29) is 11.1 Å². The largest absolute Gasteiger partial charge is 0.333 e. The average molecular weight is 451 g/mol. The standard InChI is InChI=1S/C20H27ClN4S.CH5N.CH3N/c1-19(2)9-15(10-20(3,4)24-19)26-18(22)16-7-6-13(8-17(16)21)14-11-23-25(5)12-14;2*1-2/h6-8,11-12,15,22,24H,9-10H2,1-5H3;2H2,1H3;2H,1H2. The summed E-state index contributed by atoms with van der Waals surface area (Å²) in [5.41, 5.74) is 7.51. The Kier molecular flexibility index (Phi) is 9.75. The molecule has 1 aromatic carbocycles. The van der Waals surface area contributed by atoms with E-state index in [1.165, 1.54) is 7.05 Å². The number of piperidine rings is 1. The molecule has 5 N–H and O–H groups in total. The molecule has 1 aliphatic heterocycles. The van der Waals surface area contributed by atoms with Gasteiger partial charge < -0.3 is 16.5 Å². The molecule has 30 heavy (non-hydrogen) atoms. The predicted octanol–water partition coefficient (Wildman–Crippen LogP) is 4.95. The first-order valence-corrected chi connectivity index (χ1v) is 11.1. The molecule has 8 heteroatoms. The summed E-state index contributed by atoms with van der Waals surface area (Å²) in [6, 6.07) is 5.90. The third-order valence-electron chi connectivity index (χ3n) is 4.69. The lowest BCUT2D eigenvalue weighted by molar-refractivity contribution is 0.189. The van der Waals surface area contributed by atoms with E-state index in [1.54, 1.807) is 16.4 Å². The van der Waals surface area contributed by atoms with Crippen molar-refractivity contribution in [3.8, 4) is 11.1 Å². The van der Waals surface area contributed by atoms with Crippen LogP contribution in [0.5, 0.6) is 0 Å². The lowest BCUT2D eigenvalue weighted by Gasteiger charge is -2.46. The SMILES string of the molecule is C=N.CN.Cn1cc(-c2ccc(C(=N)SC3CC(C)(C)NC(C)(C)C3)c(Cl)c2)cn1. The number of benzene rings is 1. The van der Waals surface area contributed by atoms with Gasteiger partial charge in [0.05, 0.1) is 16.3 Å². The molecule has 2 aromatic rings. The molecule has 0 radical (unpaired) electrons. The summed E-state index contributed by atoms with van der Waals surface area (Å²) >= 11 is 8.16. The number of aromatic nitrogens is 2. The van der Waals surface area contributed by atoms with Crippen LogP contribution in [0.4, 0.5) is 0 Å². The summed E-state index contributed by atoms with van der Waals surface area (Å²) in [7, 11) is 3.40. The van der Waals surface area contributed by atoms with Gasteiger partial charge in [0.2, 0.25) is 0 Å². The number of nitrogens with two attached hydrogens (primary N) is 1. The highest BCUT2D eigenvalue weighted by atomic mass is 35.5. The van der Waals surface area contributed by atoms with Crippen molar-refractivity contribution in [2.24, 2.45) is 12.8 Å². The number of halogens is 1. The minimum atomic E-state index is 0.0770. The Morgan fingerprint density at radius 1 is 1.20 bits per heavy atom. The van der Waals surface area contributed by atoms with Crippen molar-refractivity contribution < 1.29 is 0 Å². The molecule has 2 heterocycles. The van der Waals surface area contributed by atoms with Gasteiger partial charge in [0.25, 0.3) is 0 Å². The average Bonchev–Trinajstić information content (AvgIpc) is 3.08. The number of rotatable bonds is 3. The second kappa shape index (κ2) is 11.1. The normalized spacial score (nSPS) is 17.2. The number of nitrogens with zero attached hydrogens (tertiary/aromatic N) is 2. The van der Waals surface area contributed by atoms with Crippen molar-refractivity contribution in [1.29, 1.82) is 10.8 Å². The maximum atomic E-state index is 8.59. The van der Waals surface area contributed by atoms with Crippen LogP contribution in [0.1, 0.15) is 46.1 Å². The van der Waals surface area contributed by atoms with Crippen molar-refractivity contribution in [3.63, 3.8) is 0 Å². The zero-order chi connectivity index (χ0) is 23.1. The first kappa shape index (κ1) is 26.4. The molecule has 0 saturated carbocycles. The van der Waals surface area contributed by atoms with Crippen molar-refractivity contribution in [1.82, 2.24) is 15.1 Å². The van der Waals surface area contributed by atoms with Crippen LogP contribution in [0.2, 0.25) is 5.02 Å². The summed E-state index contributed by atoms with van der Waals surface area (Å²) < 4.78 is 1.77. The Morgan fingerprint density at radius 3 is 2.23 bits per heavy atom. The highest BCUT2D eigenvalue weighted by Crippen LogP contribution is 2.38. The van der Waals surface area contributed by atoms with E-state index in [2.05, 4.69) is 50.6 Å².